The van der Waals surface area contributed by atoms with Crippen molar-refractivity contribution in [2.75, 3.05) is 32.8 Å². The Labute approximate surface area is 104 Å². The van der Waals surface area contributed by atoms with Crippen molar-refractivity contribution in [3.63, 3.8) is 0 Å². The van der Waals surface area contributed by atoms with E-state index in [9.17, 15) is 4.79 Å². The maximum atomic E-state index is 11.2. The molecule has 0 unspecified atom stereocenters. The molecule has 98 valence electrons. The van der Waals surface area contributed by atoms with Crippen molar-refractivity contribution in [2.24, 2.45) is 0 Å². The molecule has 0 aliphatic carbocycles. The lowest BCUT2D eigenvalue weighted by Gasteiger charge is -2.06. The van der Waals surface area contributed by atoms with Crippen molar-refractivity contribution in [3.8, 4) is 6.07 Å². The van der Waals surface area contributed by atoms with Crippen LogP contribution in [0.3, 0.4) is 0 Å². The number of nitrogens with one attached hydrogen (secondary N) is 2. The van der Waals surface area contributed by atoms with E-state index in [1.165, 1.54) is 0 Å². The van der Waals surface area contributed by atoms with Crippen LogP contribution in [0.4, 0.5) is 0 Å². The largest absolute Gasteiger partial charge is 0.381 e. The fourth-order valence-corrected chi connectivity index (χ4v) is 1.17. The van der Waals surface area contributed by atoms with Crippen molar-refractivity contribution in [3.05, 3.63) is 0 Å². The Hall–Kier alpha value is -1.12. The van der Waals surface area contributed by atoms with Gasteiger partial charge >= 0.3 is 0 Å². The summed E-state index contributed by atoms with van der Waals surface area (Å²) in [7, 11) is 0. The number of hydrogen-bond acceptors (Lipinski definition) is 4. The maximum Gasteiger partial charge on any atom is 0.233 e. The number of nitriles is 1. The molecule has 2 N–H and O–H groups in total. The first-order chi connectivity index (χ1) is 8.31. The van der Waals surface area contributed by atoms with Crippen LogP contribution in [0.1, 0.15) is 32.6 Å². The topological polar surface area (TPSA) is 74.2 Å². The summed E-state index contributed by atoms with van der Waals surface area (Å²) in [6.45, 7) is 5.21. The highest BCUT2D eigenvalue weighted by molar-refractivity contribution is 5.77. The molecular formula is C12H23N3O2. The Morgan fingerprint density at radius 3 is 2.76 bits per heavy atom. The summed E-state index contributed by atoms with van der Waals surface area (Å²) in [5.74, 6) is -0.0628. The van der Waals surface area contributed by atoms with E-state index in [1.807, 2.05) is 6.07 Å². The molecule has 0 aliphatic heterocycles. The summed E-state index contributed by atoms with van der Waals surface area (Å²) >= 11 is 0. The summed E-state index contributed by atoms with van der Waals surface area (Å²) < 4.78 is 5.38. The molecule has 0 aliphatic rings. The molecule has 0 spiro atoms. The van der Waals surface area contributed by atoms with E-state index in [2.05, 4.69) is 17.6 Å². The van der Waals surface area contributed by atoms with E-state index in [4.69, 9.17) is 10.00 Å². The second-order valence-corrected chi connectivity index (χ2v) is 3.75. The van der Waals surface area contributed by atoms with Gasteiger partial charge in [-0.2, -0.15) is 5.26 Å². The van der Waals surface area contributed by atoms with Crippen molar-refractivity contribution in [1.29, 1.82) is 5.26 Å². The van der Waals surface area contributed by atoms with Gasteiger partial charge in [-0.15, -0.1) is 0 Å². The third-order valence-corrected chi connectivity index (χ3v) is 2.13. The minimum Gasteiger partial charge on any atom is -0.381 e. The van der Waals surface area contributed by atoms with Gasteiger partial charge in [0.1, 0.15) is 0 Å². The molecule has 5 heteroatoms. The second-order valence-electron chi connectivity index (χ2n) is 3.75. The number of unbranched alkanes of at least 4 members (excludes halogenated alkanes) is 1. The summed E-state index contributed by atoms with van der Waals surface area (Å²) in [6, 6.07) is 1.97. The molecule has 0 aromatic rings. The highest BCUT2D eigenvalue weighted by Gasteiger charge is 1.98. The number of carbonyl (C=O) groups excluding carboxylic acids is 1. The third kappa shape index (κ3) is 12.8. The Morgan fingerprint density at radius 1 is 1.29 bits per heavy atom. The van der Waals surface area contributed by atoms with E-state index in [0.717, 1.165) is 39.0 Å². The summed E-state index contributed by atoms with van der Waals surface area (Å²) in [6.07, 6.45) is 3.53. The Kier molecular flexibility index (Phi) is 12.1. The standard InChI is InChI=1S/C12H23N3O2/c1-2-3-9-17-10-5-7-14-11-12(16)15-8-4-6-13/h14H,2-5,7-11H2,1H3,(H,15,16). The quantitative estimate of drug-likeness (QED) is 0.525. The molecule has 0 rings (SSSR count). The molecule has 0 atom stereocenters. The molecule has 0 saturated carbocycles. The van der Waals surface area contributed by atoms with Crippen molar-refractivity contribution in [1.82, 2.24) is 10.6 Å². The first kappa shape index (κ1) is 15.9. The number of carbonyl (C=O) groups is 1. The number of hydrogen-bond donors (Lipinski definition) is 2. The number of nitrogens with zero attached hydrogens (tertiary/aromatic N) is 1. The molecule has 17 heavy (non-hydrogen) atoms. The lowest BCUT2D eigenvalue weighted by Crippen LogP contribution is -2.34. The summed E-state index contributed by atoms with van der Waals surface area (Å²) in [4.78, 5) is 11.2. The first-order valence-electron chi connectivity index (χ1n) is 6.23. The maximum absolute atomic E-state index is 11.2. The average Bonchev–Trinajstić information content (AvgIpc) is 2.33. The van der Waals surface area contributed by atoms with Gasteiger partial charge in [-0.25, -0.2) is 0 Å². The first-order valence-corrected chi connectivity index (χ1v) is 6.23. The van der Waals surface area contributed by atoms with Crippen LogP contribution in [0.25, 0.3) is 0 Å². The zero-order valence-corrected chi connectivity index (χ0v) is 10.6. The smallest absolute Gasteiger partial charge is 0.233 e. The van der Waals surface area contributed by atoms with Gasteiger partial charge in [0.05, 0.1) is 19.0 Å². The van der Waals surface area contributed by atoms with Gasteiger partial charge in [-0.1, -0.05) is 13.3 Å². The molecule has 0 saturated heterocycles. The second kappa shape index (κ2) is 12.9. The Morgan fingerprint density at radius 2 is 2.06 bits per heavy atom. The van der Waals surface area contributed by atoms with Gasteiger partial charge in [-0.3, -0.25) is 4.79 Å². The van der Waals surface area contributed by atoms with Crippen LogP contribution in [0.5, 0.6) is 0 Å². The fraction of sp³-hybridized carbons (Fsp3) is 0.833. The van der Waals surface area contributed by atoms with Crippen molar-refractivity contribution < 1.29 is 9.53 Å². The van der Waals surface area contributed by atoms with Gasteiger partial charge in [0.2, 0.25) is 5.91 Å². The SMILES string of the molecule is CCCCOCCCNCC(=O)NCCC#N. The molecule has 5 nitrogen and oxygen atoms in total. The normalized spacial score (nSPS) is 9.88. The molecule has 0 heterocycles. The van der Waals surface area contributed by atoms with E-state index in [1.54, 1.807) is 0 Å². The number of ether oxygens (including phenoxy) is 1. The van der Waals surface area contributed by atoms with Gasteiger partial charge in [0, 0.05) is 19.8 Å². The average molecular weight is 241 g/mol. The van der Waals surface area contributed by atoms with Crippen molar-refractivity contribution in [2.45, 2.75) is 32.6 Å². The van der Waals surface area contributed by atoms with E-state index >= 15 is 0 Å². The van der Waals surface area contributed by atoms with Gasteiger partial charge in [0.15, 0.2) is 0 Å². The van der Waals surface area contributed by atoms with Gasteiger partial charge < -0.3 is 15.4 Å². The van der Waals surface area contributed by atoms with Crippen LogP contribution in [0, 0.1) is 11.3 Å². The monoisotopic (exact) mass is 241 g/mol. The van der Waals surface area contributed by atoms with Crippen LogP contribution >= 0.6 is 0 Å². The molecule has 0 bridgehead atoms. The molecule has 0 radical (unpaired) electrons. The predicted octanol–water partition coefficient (Wildman–Crippen LogP) is 0.813. The summed E-state index contributed by atoms with van der Waals surface area (Å²) in [5, 5.41) is 14.0. The minimum atomic E-state index is -0.0628. The molecule has 0 fully saturated rings. The van der Waals surface area contributed by atoms with Crippen molar-refractivity contribution >= 4 is 5.91 Å². The van der Waals surface area contributed by atoms with E-state index < -0.39 is 0 Å². The number of amides is 1. The zero-order valence-electron chi connectivity index (χ0n) is 10.6. The highest BCUT2D eigenvalue weighted by Crippen LogP contribution is 1.88. The number of rotatable bonds is 11. The molecular weight excluding hydrogens is 218 g/mol. The van der Waals surface area contributed by atoms with Crippen LogP contribution in [0.15, 0.2) is 0 Å². The molecule has 1 amide bonds. The fourth-order valence-electron chi connectivity index (χ4n) is 1.17. The van der Waals surface area contributed by atoms with Crippen LogP contribution < -0.4 is 10.6 Å². The van der Waals surface area contributed by atoms with Crippen LogP contribution in [0.2, 0.25) is 0 Å². The third-order valence-electron chi connectivity index (χ3n) is 2.13. The Balaban J connectivity index is 3.11. The van der Waals surface area contributed by atoms with E-state index in [-0.39, 0.29) is 5.91 Å². The Bertz CT molecular complexity index is 226. The van der Waals surface area contributed by atoms with E-state index in [0.29, 0.717) is 19.5 Å². The van der Waals surface area contributed by atoms with Crippen LogP contribution in [-0.4, -0.2) is 38.8 Å². The molecule has 0 aromatic carbocycles. The lowest BCUT2D eigenvalue weighted by atomic mass is 10.3. The van der Waals surface area contributed by atoms with Gasteiger partial charge in [0.25, 0.3) is 0 Å². The van der Waals surface area contributed by atoms with Gasteiger partial charge in [-0.05, 0) is 19.4 Å². The lowest BCUT2D eigenvalue weighted by molar-refractivity contribution is -0.120. The minimum absolute atomic E-state index is 0.0628. The highest BCUT2D eigenvalue weighted by atomic mass is 16.5. The van der Waals surface area contributed by atoms with Crippen LogP contribution in [-0.2, 0) is 9.53 Å². The predicted molar refractivity (Wildman–Crippen MR) is 66.5 cm³/mol. The zero-order chi connectivity index (χ0) is 12.8. The summed E-state index contributed by atoms with van der Waals surface area (Å²) in [5.41, 5.74) is 0. The molecule has 0 aromatic heterocycles.